The van der Waals surface area contributed by atoms with Crippen molar-refractivity contribution >= 4 is 44.9 Å². The van der Waals surface area contributed by atoms with Gasteiger partial charge in [-0.15, -0.1) is 0 Å². The number of esters is 1. The van der Waals surface area contributed by atoms with Crippen molar-refractivity contribution in [1.82, 2.24) is 0 Å². The molecule has 2 aromatic carbocycles. The molecule has 14 heteroatoms. The highest BCUT2D eigenvalue weighted by atomic mass is 32.3. The van der Waals surface area contributed by atoms with Gasteiger partial charge in [-0.05, 0) is 42.0 Å². The Morgan fingerprint density at radius 3 is 1.91 bits per heavy atom. The van der Waals surface area contributed by atoms with Gasteiger partial charge in [0.25, 0.3) is 0 Å². The molecule has 3 N–H and O–H groups in total. The highest BCUT2D eigenvalue weighted by Crippen LogP contribution is 2.27. The van der Waals surface area contributed by atoms with Crippen molar-refractivity contribution in [1.29, 1.82) is 0 Å². The van der Waals surface area contributed by atoms with Crippen molar-refractivity contribution in [2.45, 2.75) is 0 Å². The number of carbonyl (C=O) groups is 2. The van der Waals surface area contributed by atoms with Crippen molar-refractivity contribution in [3.05, 3.63) is 65.7 Å². The zero-order valence-corrected chi connectivity index (χ0v) is 17.3. The third-order valence-corrected chi connectivity index (χ3v) is 4.10. The highest BCUT2D eigenvalue weighted by Gasteiger charge is 2.13. The molecule has 0 bridgehead atoms. The normalized spacial score (nSPS) is 12.1. The number of hydrogen-bond donors (Lipinski definition) is 3. The van der Waals surface area contributed by atoms with Crippen LogP contribution in [0.1, 0.15) is 11.1 Å². The Balaban J connectivity index is 2.20. The molecule has 0 amide bonds. The van der Waals surface area contributed by atoms with E-state index < -0.39 is 38.5 Å². The lowest BCUT2D eigenvalue weighted by molar-refractivity contribution is -0.131. The lowest BCUT2D eigenvalue weighted by Gasteiger charge is -2.08. The third kappa shape index (κ3) is 8.97. The summed E-state index contributed by atoms with van der Waals surface area (Å²) in [4.78, 5) is 22.9. The van der Waals surface area contributed by atoms with E-state index in [0.29, 0.717) is 5.56 Å². The number of carbonyl (C=O) groups excluding carboxylic acids is 1. The minimum atomic E-state index is -4.85. The van der Waals surface area contributed by atoms with E-state index in [1.165, 1.54) is 36.4 Å². The van der Waals surface area contributed by atoms with Crippen LogP contribution in [0.15, 0.2) is 54.6 Å². The summed E-state index contributed by atoms with van der Waals surface area (Å²) in [6.07, 6.45) is 4.09. The number of benzene rings is 2. The van der Waals surface area contributed by atoms with Gasteiger partial charge in [0.2, 0.25) is 0 Å². The molecule has 12 nitrogen and oxygen atoms in total. The van der Waals surface area contributed by atoms with Gasteiger partial charge in [0.15, 0.2) is 0 Å². The first-order valence-electron chi connectivity index (χ1n) is 8.19. The maximum Gasteiger partial charge on any atom is 0.446 e. The molecule has 0 aliphatic carbocycles. The fourth-order valence-corrected chi connectivity index (χ4v) is 2.84. The molecule has 0 unspecified atom stereocenters. The largest absolute Gasteiger partial charge is 0.478 e. The summed E-state index contributed by atoms with van der Waals surface area (Å²) >= 11 is 0. The smallest absolute Gasteiger partial charge is 0.446 e. The van der Waals surface area contributed by atoms with Crippen molar-refractivity contribution in [3.63, 3.8) is 0 Å². The second-order valence-electron chi connectivity index (χ2n) is 5.72. The van der Waals surface area contributed by atoms with Gasteiger partial charge in [-0.1, -0.05) is 12.1 Å². The first-order chi connectivity index (χ1) is 14.8. The number of rotatable bonds is 9. The van der Waals surface area contributed by atoms with Gasteiger partial charge in [0.1, 0.15) is 17.2 Å². The molecular weight excluding hydrogens is 472 g/mol. The van der Waals surface area contributed by atoms with Gasteiger partial charge in [0, 0.05) is 23.8 Å². The van der Waals surface area contributed by atoms with E-state index in [1.807, 2.05) is 0 Å². The summed E-state index contributed by atoms with van der Waals surface area (Å²) in [5.41, 5.74) is 0.502. The van der Waals surface area contributed by atoms with Crippen LogP contribution in [0.4, 0.5) is 0 Å². The second kappa shape index (κ2) is 10.1. The van der Waals surface area contributed by atoms with Gasteiger partial charge in [-0.2, -0.15) is 16.8 Å². The Morgan fingerprint density at radius 1 is 0.781 bits per heavy atom. The lowest BCUT2D eigenvalue weighted by Crippen LogP contribution is -2.08. The van der Waals surface area contributed by atoms with E-state index in [-0.39, 0.29) is 17.1 Å². The van der Waals surface area contributed by atoms with Crippen LogP contribution in [0.2, 0.25) is 0 Å². The van der Waals surface area contributed by atoms with Crippen LogP contribution in [-0.2, 0) is 30.4 Å². The number of aliphatic carboxylic acids is 1. The lowest BCUT2D eigenvalue weighted by atomic mass is 10.1. The second-order valence-corrected chi connectivity index (χ2v) is 7.76. The molecule has 0 aliphatic heterocycles. The van der Waals surface area contributed by atoms with Gasteiger partial charge >= 0.3 is 32.7 Å². The van der Waals surface area contributed by atoms with Crippen LogP contribution >= 0.6 is 0 Å². The molecule has 170 valence electrons. The minimum absolute atomic E-state index is 0.0866. The van der Waals surface area contributed by atoms with Crippen molar-refractivity contribution in [3.8, 4) is 17.2 Å². The van der Waals surface area contributed by atoms with Crippen LogP contribution in [0, 0.1) is 0 Å². The van der Waals surface area contributed by atoms with Crippen molar-refractivity contribution in [2.75, 3.05) is 0 Å². The van der Waals surface area contributed by atoms with E-state index in [0.717, 1.165) is 30.4 Å². The van der Waals surface area contributed by atoms with Crippen LogP contribution in [0.3, 0.4) is 0 Å². The van der Waals surface area contributed by atoms with Gasteiger partial charge in [-0.3, -0.25) is 9.11 Å². The molecule has 0 spiro atoms. The van der Waals surface area contributed by atoms with Gasteiger partial charge < -0.3 is 18.2 Å². The van der Waals surface area contributed by atoms with Crippen LogP contribution < -0.4 is 13.1 Å². The standard InChI is InChI=1S/C18H14O12S2/c19-17(20)9-5-13-4-8-15(30-32(25,26)27)11-16(13)28-18(21)10-3-12-1-6-14(7-2-12)29-31(22,23)24/h1-11H,(H,19,20)(H,22,23,24)(H,25,26,27)/b9-5+,10-3+. The molecular formula is C18H14O12S2. The average molecular weight is 486 g/mol. The fourth-order valence-electron chi connectivity index (χ4n) is 2.14. The molecule has 0 fully saturated rings. The van der Waals surface area contributed by atoms with Crippen LogP contribution in [0.25, 0.3) is 12.2 Å². The predicted molar refractivity (Wildman–Crippen MR) is 109 cm³/mol. The molecule has 2 aromatic rings. The monoisotopic (exact) mass is 486 g/mol. The number of carboxylic acids is 1. The van der Waals surface area contributed by atoms with E-state index in [4.69, 9.17) is 18.9 Å². The molecule has 0 saturated heterocycles. The zero-order chi connectivity index (χ0) is 23.9. The van der Waals surface area contributed by atoms with Crippen molar-refractivity contribution < 1.29 is 53.7 Å². The summed E-state index contributed by atoms with van der Waals surface area (Å²) in [6.45, 7) is 0. The zero-order valence-electron chi connectivity index (χ0n) is 15.7. The first-order valence-corrected chi connectivity index (χ1v) is 10.9. The Hall–Kier alpha value is -3.72. The Bertz CT molecular complexity index is 1270. The fraction of sp³-hybridized carbons (Fsp3) is 0. The summed E-state index contributed by atoms with van der Waals surface area (Å²) < 4.78 is 74.0. The SMILES string of the molecule is O=C(O)/C=C/c1ccc(OS(=O)(=O)O)cc1OC(=O)/C=C/c1ccc(OS(=O)(=O)O)cc1. The molecule has 0 radical (unpaired) electrons. The summed E-state index contributed by atoms with van der Waals surface area (Å²) in [6, 6.07) is 8.40. The van der Waals surface area contributed by atoms with E-state index >= 15 is 0 Å². The molecule has 0 saturated carbocycles. The summed E-state index contributed by atoms with van der Waals surface area (Å²) in [5, 5.41) is 8.75. The maximum atomic E-state index is 12.1. The highest BCUT2D eigenvalue weighted by molar-refractivity contribution is 7.81. The summed E-state index contributed by atoms with van der Waals surface area (Å²) in [5.74, 6) is -3.08. The molecule has 0 aromatic heterocycles. The van der Waals surface area contributed by atoms with Crippen LogP contribution in [-0.4, -0.2) is 43.0 Å². The minimum Gasteiger partial charge on any atom is -0.478 e. The van der Waals surface area contributed by atoms with Gasteiger partial charge in [0.05, 0.1) is 0 Å². The van der Waals surface area contributed by atoms with Crippen molar-refractivity contribution in [2.24, 2.45) is 0 Å². The third-order valence-electron chi connectivity index (χ3n) is 3.30. The first kappa shape index (κ1) is 24.5. The quantitative estimate of drug-likeness (QED) is 0.202. The average Bonchev–Trinajstić information content (AvgIpc) is 2.64. The van der Waals surface area contributed by atoms with E-state index in [2.05, 4.69) is 8.37 Å². The Morgan fingerprint density at radius 2 is 1.34 bits per heavy atom. The van der Waals surface area contributed by atoms with Gasteiger partial charge in [-0.25, -0.2) is 9.59 Å². The molecule has 2 rings (SSSR count). The number of carboxylic acid groups (broad SMARTS) is 1. The maximum absolute atomic E-state index is 12.1. The number of hydrogen-bond acceptors (Lipinski definition) is 9. The Kier molecular flexibility index (Phi) is 7.72. The molecule has 0 heterocycles. The molecule has 0 atom stereocenters. The Labute approximate surface area is 181 Å². The van der Waals surface area contributed by atoms with Crippen LogP contribution in [0.5, 0.6) is 17.2 Å². The molecule has 0 aliphatic rings. The van der Waals surface area contributed by atoms with E-state index in [1.54, 1.807) is 0 Å². The summed E-state index contributed by atoms with van der Waals surface area (Å²) in [7, 11) is -9.53. The predicted octanol–water partition coefficient (Wildman–Crippen LogP) is 1.77. The topological polar surface area (TPSA) is 191 Å². The number of ether oxygens (including phenoxy) is 1. The van der Waals surface area contributed by atoms with E-state index in [9.17, 15) is 26.4 Å². The molecule has 32 heavy (non-hydrogen) atoms.